The van der Waals surface area contributed by atoms with Crippen molar-refractivity contribution in [3.63, 3.8) is 0 Å². The Bertz CT molecular complexity index is 250. The summed E-state index contributed by atoms with van der Waals surface area (Å²) >= 11 is 1.68. The minimum absolute atomic E-state index is 0.251. The maximum absolute atomic E-state index is 8.61. The first-order chi connectivity index (χ1) is 6.25. The minimum atomic E-state index is 0.251. The molecule has 0 aliphatic carbocycles. The van der Waals surface area contributed by atoms with Gasteiger partial charge in [-0.2, -0.15) is 0 Å². The fraction of sp³-hybridized carbons (Fsp3) is 0.667. The van der Waals surface area contributed by atoms with E-state index in [9.17, 15) is 0 Å². The Labute approximate surface area is 82.8 Å². The number of aliphatic hydroxyl groups excluding tert-OH is 1. The third-order valence-corrected chi connectivity index (χ3v) is 3.08. The van der Waals surface area contributed by atoms with Crippen LogP contribution in [0.15, 0.2) is 5.51 Å². The zero-order valence-corrected chi connectivity index (χ0v) is 8.90. The number of rotatable bonds is 5. The fourth-order valence-electron chi connectivity index (χ4n) is 1.22. The Balaban J connectivity index is 2.39. The summed E-state index contributed by atoms with van der Waals surface area (Å²) in [6.07, 6.45) is 0.808. The van der Waals surface area contributed by atoms with Crippen LogP contribution in [-0.4, -0.2) is 23.2 Å². The molecule has 0 fully saturated rings. The molecular formula is C9H16N2OS. The van der Waals surface area contributed by atoms with Crippen molar-refractivity contribution in [2.45, 2.75) is 26.3 Å². The van der Waals surface area contributed by atoms with Gasteiger partial charge in [0.1, 0.15) is 0 Å². The van der Waals surface area contributed by atoms with Crippen molar-refractivity contribution in [1.29, 1.82) is 0 Å². The lowest BCUT2D eigenvalue weighted by molar-refractivity contribution is 0.284. The monoisotopic (exact) mass is 200 g/mol. The molecule has 1 heterocycles. The Kier molecular flexibility index (Phi) is 4.35. The average Bonchev–Trinajstić information content (AvgIpc) is 2.52. The molecule has 74 valence electrons. The fourth-order valence-corrected chi connectivity index (χ4v) is 2.05. The van der Waals surface area contributed by atoms with E-state index in [1.54, 1.807) is 11.3 Å². The molecule has 4 heteroatoms. The number of thiazole rings is 1. The highest BCUT2D eigenvalue weighted by atomic mass is 32.1. The van der Waals surface area contributed by atoms with Gasteiger partial charge in [0.25, 0.3) is 0 Å². The Morgan fingerprint density at radius 1 is 1.69 bits per heavy atom. The van der Waals surface area contributed by atoms with Crippen molar-refractivity contribution in [2.75, 3.05) is 13.2 Å². The molecule has 1 unspecified atom stereocenters. The lowest BCUT2D eigenvalue weighted by Crippen LogP contribution is -2.20. The van der Waals surface area contributed by atoms with Gasteiger partial charge < -0.3 is 10.4 Å². The summed E-state index contributed by atoms with van der Waals surface area (Å²) < 4.78 is 0. The van der Waals surface area contributed by atoms with Crippen molar-refractivity contribution in [2.24, 2.45) is 0 Å². The van der Waals surface area contributed by atoms with Crippen LogP contribution in [0.5, 0.6) is 0 Å². The van der Waals surface area contributed by atoms with Crippen LogP contribution in [-0.2, 0) is 0 Å². The van der Waals surface area contributed by atoms with Crippen molar-refractivity contribution in [3.05, 3.63) is 16.1 Å². The van der Waals surface area contributed by atoms with E-state index in [4.69, 9.17) is 5.11 Å². The lowest BCUT2D eigenvalue weighted by Gasteiger charge is -2.11. The zero-order valence-electron chi connectivity index (χ0n) is 8.08. The minimum Gasteiger partial charge on any atom is -0.396 e. The molecule has 1 aromatic heterocycles. The molecule has 0 spiro atoms. The van der Waals surface area contributed by atoms with Crippen LogP contribution >= 0.6 is 11.3 Å². The number of hydrogen-bond acceptors (Lipinski definition) is 4. The van der Waals surface area contributed by atoms with Gasteiger partial charge >= 0.3 is 0 Å². The molecule has 0 aliphatic heterocycles. The quantitative estimate of drug-likeness (QED) is 0.708. The summed E-state index contributed by atoms with van der Waals surface area (Å²) in [6.45, 7) is 5.25. The SMILES string of the molecule is Cc1ncsc1C(C)NCCCO. The van der Waals surface area contributed by atoms with E-state index in [0.29, 0.717) is 6.04 Å². The van der Waals surface area contributed by atoms with Crippen molar-refractivity contribution < 1.29 is 5.11 Å². The molecule has 0 saturated carbocycles. The van der Waals surface area contributed by atoms with Gasteiger partial charge in [-0.05, 0) is 26.8 Å². The molecule has 13 heavy (non-hydrogen) atoms. The molecule has 3 nitrogen and oxygen atoms in total. The molecule has 0 saturated heterocycles. The van der Waals surface area contributed by atoms with Crippen LogP contribution in [0.4, 0.5) is 0 Å². The van der Waals surface area contributed by atoms with E-state index < -0.39 is 0 Å². The van der Waals surface area contributed by atoms with E-state index in [0.717, 1.165) is 18.7 Å². The van der Waals surface area contributed by atoms with E-state index >= 15 is 0 Å². The Morgan fingerprint density at radius 2 is 2.46 bits per heavy atom. The normalized spacial score (nSPS) is 13.2. The number of aliphatic hydroxyl groups is 1. The summed E-state index contributed by atoms with van der Waals surface area (Å²) in [5.41, 5.74) is 2.98. The molecule has 0 amide bonds. The highest BCUT2D eigenvalue weighted by molar-refractivity contribution is 7.09. The number of hydrogen-bond donors (Lipinski definition) is 2. The van der Waals surface area contributed by atoms with Gasteiger partial charge in [0.2, 0.25) is 0 Å². The summed E-state index contributed by atoms with van der Waals surface area (Å²) in [5, 5.41) is 12.0. The van der Waals surface area contributed by atoms with E-state index in [2.05, 4.69) is 17.2 Å². The second-order valence-corrected chi connectivity index (χ2v) is 3.94. The van der Waals surface area contributed by atoms with Crippen LogP contribution in [0.25, 0.3) is 0 Å². The second kappa shape index (κ2) is 5.32. The Hall–Kier alpha value is -0.450. The van der Waals surface area contributed by atoms with E-state index in [1.807, 2.05) is 12.4 Å². The molecule has 1 rings (SSSR count). The second-order valence-electron chi connectivity index (χ2n) is 3.05. The average molecular weight is 200 g/mol. The first-order valence-electron chi connectivity index (χ1n) is 4.50. The van der Waals surface area contributed by atoms with Gasteiger partial charge in [0.15, 0.2) is 0 Å². The van der Waals surface area contributed by atoms with Gasteiger partial charge in [-0.25, -0.2) is 4.98 Å². The first kappa shape index (κ1) is 10.6. The van der Waals surface area contributed by atoms with Gasteiger partial charge in [0, 0.05) is 17.5 Å². The molecule has 0 bridgehead atoms. The molecule has 0 radical (unpaired) electrons. The topological polar surface area (TPSA) is 45.2 Å². The summed E-state index contributed by atoms with van der Waals surface area (Å²) in [6, 6.07) is 0.346. The smallest absolute Gasteiger partial charge is 0.0798 e. The molecule has 1 aromatic rings. The van der Waals surface area contributed by atoms with Crippen molar-refractivity contribution >= 4 is 11.3 Å². The summed E-state index contributed by atoms with van der Waals surface area (Å²) in [4.78, 5) is 5.48. The standard InChI is InChI=1S/C9H16N2OS/c1-7(10-4-3-5-12)9-8(2)11-6-13-9/h6-7,10,12H,3-5H2,1-2H3. The lowest BCUT2D eigenvalue weighted by atomic mass is 10.2. The van der Waals surface area contributed by atoms with Crippen LogP contribution in [0, 0.1) is 6.92 Å². The van der Waals surface area contributed by atoms with Gasteiger partial charge in [-0.15, -0.1) is 11.3 Å². The molecule has 2 N–H and O–H groups in total. The summed E-state index contributed by atoms with van der Waals surface area (Å²) in [7, 11) is 0. The predicted molar refractivity (Wildman–Crippen MR) is 55.0 cm³/mol. The number of nitrogens with one attached hydrogen (secondary N) is 1. The molecule has 0 aliphatic rings. The zero-order chi connectivity index (χ0) is 9.68. The van der Waals surface area contributed by atoms with Gasteiger partial charge in [-0.1, -0.05) is 0 Å². The number of nitrogens with zero attached hydrogens (tertiary/aromatic N) is 1. The largest absolute Gasteiger partial charge is 0.396 e. The third-order valence-electron chi connectivity index (χ3n) is 1.96. The van der Waals surface area contributed by atoms with E-state index in [1.165, 1.54) is 4.88 Å². The van der Waals surface area contributed by atoms with Crippen molar-refractivity contribution in [1.82, 2.24) is 10.3 Å². The first-order valence-corrected chi connectivity index (χ1v) is 5.38. The van der Waals surface area contributed by atoms with Crippen molar-refractivity contribution in [3.8, 4) is 0 Å². The molecule has 0 aromatic carbocycles. The maximum atomic E-state index is 8.61. The van der Waals surface area contributed by atoms with Crippen LogP contribution in [0.2, 0.25) is 0 Å². The third kappa shape index (κ3) is 3.06. The van der Waals surface area contributed by atoms with Crippen LogP contribution < -0.4 is 5.32 Å². The van der Waals surface area contributed by atoms with Gasteiger partial charge in [0.05, 0.1) is 11.2 Å². The molecule has 1 atom stereocenters. The highest BCUT2D eigenvalue weighted by Crippen LogP contribution is 2.20. The number of aryl methyl sites for hydroxylation is 1. The maximum Gasteiger partial charge on any atom is 0.0798 e. The summed E-state index contributed by atoms with van der Waals surface area (Å²) in [5.74, 6) is 0. The Morgan fingerprint density at radius 3 is 3.00 bits per heavy atom. The highest BCUT2D eigenvalue weighted by Gasteiger charge is 2.09. The predicted octanol–water partition coefficient (Wildman–Crippen LogP) is 1.48. The number of aromatic nitrogens is 1. The van der Waals surface area contributed by atoms with E-state index in [-0.39, 0.29) is 6.61 Å². The van der Waals surface area contributed by atoms with Gasteiger partial charge in [-0.3, -0.25) is 0 Å². The van der Waals surface area contributed by atoms with Crippen LogP contribution in [0.3, 0.4) is 0 Å². The molecular weight excluding hydrogens is 184 g/mol. The van der Waals surface area contributed by atoms with Crippen LogP contribution in [0.1, 0.15) is 30.0 Å².